The largest absolute Gasteiger partial charge is 0.143 e. The molecule has 0 saturated heterocycles. The zero-order chi connectivity index (χ0) is 7.28. The second-order valence-electron chi connectivity index (χ2n) is 1.74. The molecule has 0 nitrogen and oxygen atoms in total. The molecule has 0 aromatic carbocycles. The lowest BCUT2D eigenvalue weighted by molar-refractivity contribution is 0.949. The topological polar surface area (TPSA) is 0 Å². The van der Waals surface area contributed by atoms with Gasteiger partial charge in [-0.25, -0.2) is 0 Å². The summed E-state index contributed by atoms with van der Waals surface area (Å²) < 4.78 is 1.14. The fourth-order valence-electron chi connectivity index (χ4n) is 0.458. The van der Waals surface area contributed by atoms with Gasteiger partial charge in [-0.2, -0.15) is 0 Å². The van der Waals surface area contributed by atoms with Crippen molar-refractivity contribution in [2.45, 2.75) is 19.8 Å². The molecule has 0 saturated carbocycles. The number of halogens is 1. The fraction of sp³-hybridized carbons (Fsp3) is 0.429. The summed E-state index contributed by atoms with van der Waals surface area (Å²) >= 11 is 7.57. The molecule has 0 N–H and O–H groups in total. The van der Waals surface area contributed by atoms with Gasteiger partial charge in [-0.1, -0.05) is 41.9 Å². The molecule has 0 radical (unpaired) electrons. The molecular formula is C7H11BrS. The summed E-state index contributed by atoms with van der Waals surface area (Å²) in [5, 5.41) is 0. The molecule has 0 rings (SSSR count). The van der Waals surface area contributed by atoms with Crippen molar-refractivity contribution < 1.29 is 0 Å². The van der Waals surface area contributed by atoms with Crippen LogP contribution in [0.15, 0.2) is 22.0 Å². The molecule has 0 amide bonds. The Kier molecular flexibility index (Phi) is 5.30. The van der Waals surface area contributed by atoms with Crippen LogP contribution in [-0.2, 0) is 0 Å². The van der Waals surface area contributed by atoms with Gasteiger partial charge in [-0.15, -0.1) is 12.6 Å². The van der Waals surface area contributed by atoms with E-state index >= 15 is 0 Å². The fourth-order valence-corrected chi connectivity index (χ4v) is 1.13. The first-order valence-corrected chi connectivity index (χ1v) is 4.16. The van der Waals surface area contributed by atoms with Crippen LogP contribution in [0, 0.1) is 0 Å². The summed E-state index contributed by atoms with van der Waals surface area (Å²) in [6.45, 7) is 5.73. The van der Waals surface area contributed by atoms with Crippen molar-refractivity contribution >= 4 is 28.6 Å². The van der Waals surface area contributed by atoms with Crippen LogP contribution in [0.25, 0.3) is 0 Å². The quantitative estimate of drug-likeness (QED) is 0.531. The van der Waals surface area contributed by atoms with Gasteiger partial charge in [0.05, 0.1) is 0 Å². The Morgan fingerprint density at radius 1 is 1.78 bits per heavy atom. The number of allylic oxidation sites excluding steroid dienone is 2. The van der Waals surface area contributed by atoms with Crippen molar-refractivity contribution in [2.75, 3.05) is 0 Å². The van der Waals surface area contributed by atoms with Crippen molar-refractivity contribution in [2.24, 2.45) is 0 Å². The van der Waals surface area contributed by atoms with Gasteiger partial charge < -0.3 is 0 Å². The molecule has 0 heterocycles. The first-order chi connectivity index (χ1) is 4.22. The van der Waals surface area contributed by atoms with E-state index in [0.29, 0.717) is 0 Å². The highest BCUT2D eigenvalue weighted by Gasteiger charge is 1.92. The molecule has 0 atom stereocenters. The highest BCUT2D eigenvalue weighted by molar-refractivity contribution is 9.11. The second-order valence-corrected chi connectivity index (χ2v) is 3.18. The maximum absolute atomic E-state index is 4.17. The average Bonchev–Trinajstić information content (AvgIpc) is 1.87. The third kappa shape index (κ3) is 3.82. The monoisotopic (exact) mass is 206 g/mol. The van der Waals surface area contributed by atoms with Gasteiger partial charge in [0.1, 0.15) is 0 Å². The van der Waals surface area contributed by atoms with Crippen molar-refractivity contribution in [1.82, 2.24) is 0 Å². The minimum atomic E-state index is 0.942. The average molecular weight is 207 g/mol. The van der Waals surface area contributed by atoms with Gasteiger partial charge >= 0.3 is 0 Å². The van der Waals surface area contributed by atoms with Crippen molar-refractivity contribution in [3.63, 3.8) is 0 Å². The van der Waals surface area contributed by atoms with Gasteiger partial charge in [-0.3, -0.25) is 0 Å². The van der Waals surface area contributed by atoms with E-state index in [0.717, 1.165) is 22.2 Å². The standard InChI is InChI=1S/C7H11BrS/c1-3-5-6(8)7(9)4-2/h4,9H,2-3,5H2,1H3/b7-6-. The summed E-state index contributed by atoms with van der Waals surface area (Å²) in [4.78, 5) is 0.942. The second kappa shape index (κ2) is 5.12. The lowest BCUT2D eigenvalue weighted by Crippen LogP contribution is -1.72. The molecule has 0 fully saturated rings. The van der Waals surface area contributed by atoms with Crippen LogP contribution in [0.4, 0.5) is 0 Å². The van der Waals surface area contributed by atoms with Crippen molar-refractivity contribution in [1.29, 1.82) is 0 Å². The predicted octanol–water partition coefficient (Wildman–Crippen LogP) is 3.51. The zero-order valence-electron chi connectivity index (χ0n) is 5.52. The normalized spacial score (nSPS) is 12.8. The van der Waals surface area contributed by atoms with Crippen LogP contribution in [-0.4, -0.2) is 0 Å². The highest BCUT2D eigenvalue weighted by atomic mass is 79.9. The Bertz CT molecular complexity index is 127. The number of hydrogen-bond donors (Lipinski definition) is 1. The minimum absolute atomic E-state index is 0.942. The Morgan fingerprint density at radius 2 is 2.33 bits per heavy atom. The molecule has 0 aromatic heterocycles. The smallest absolute Gasteiger partial charge is 0.0136 e. The molecule has 0 aliphatic rings. The van der Waals surface area contributed by atoms with Gasteiger partial charge in [0.15, 0.2) is 0 Å². The number of thiol groups is 1. The van der Waals surface area contributed by atoms with Crippen LogP contribution < -0.4 is 0 Å². The van der Waals surface area contributed by atoms with Crippen LogP contribution in [0.5, 0.6) is 0 Å². The molecule has 0 aliphatic carbocycles. The Labute approximate surface area is 70.6 Å². The first-order valence-electron chi connectivity index (χ1n) is 2.92. The van der Waals surface area contributed by atoms with E-state index in [1.807, 2.05) is 0 Å². The van der Waals surface area contributed by atoms with E-state index in [9.17, 15) is 0 Å². The SMILES string of the molecule is C=C/C(S)=C(/Br)CCC. The third-order valence-electron chi connectivity index (χ3n) is 0.941. The van der Waals surface area contributed by atoms with Gasteiger partial charge in [0.2, 0.25) is 0 Å². The molecule has 0 spiro atoms. The summed E-state index contributed by atoms with van der Waals surface area (Å²) in [6, 6.07) is 0. The van der Waals surface area contributed by atoms with E-state index < -0.39 is 0 Å². The molecule has 0 aliphatic heterocycles. The van der Waals surface area contributed by atoms with Gasteiger partial charge in [-0.05, 0) is 6.42 Å². The lowest BCUT2D eigenvalue weighted by Gasteiger charge is -1.96. The summed E-state index contributed by atoms with van der Waals surface area (Å²) in [6.07, 6.45) is 3.92. The maximum Gasteiger partial charge on any atom is 0.0136 e. The predicted molar refractivity (Wildman–Crippen MR) is 50.0 cm³/mol. The van der Waals surface area contributed by atoms with Gasteiger partial charge in [0, 0.05) is 9.39 Å². The Balaban J connectivity index is 3.93. The van der Waals surface area contributed by atoms with E-state index in [2.05, 4.69) is 42.1 Å². The molecule has 0 aromatic rings. The third-order valence-corrected chi connectivity index (χ3v) is 2.52. The van der Waals surface area contributed by atoms with E-state index in [4.69, 9.17) is 0 Å². The molecule has 0 unspecified atom stereocenters. The van der Waals surface area contributed by atoms with E-state index in [1.54, 1.807) is 6.08 Å². The molecule has 2 heteroatoms. The van der Waals surface area contributed by atoms with Crippen molar-refractivity contribution in [3.05, 3.63) is 22.0 Å². The van der Waals surface area contributed by atoms with Crippen molar-refractivity contribution in [3.8, 4) is 0 Å². The van der Waals surface area contributed by atoms with Crippen LogP contribution in [0.2, 0.25) is 0 Å². The van der Waals surface area contributed by atoms with Gasteiger partial charge in [0.25, 0.3) is 0 Å². The maximum atomic E-state index is 4.17. The molecule has 0 bridgehead atoms. The molecular weight excluding hydrogens is 196 g/mol. The first kappa shape index (κ1) is 9.31. The lowest BCUT2D eigenvalue weighted by atomic mass is 10.3. The Morgan fingerprint density at radius 3 is 2.67 bits per heavy atom. The minimum Gasteiger partial charge on any atom is -0.143 e. The number of rotatable bonds is 3. The molecule has 9 heavy (non-hydrogen) atoms. The summed E-state index contributed by atoms with van der Waals surface area (Å²) in [5.74, 6) is 0. The van der Waals surface area contributed by atoms with Crippen LogP contribution >= 0.6 is 28.6 Å². The van der Waals surface area contributed by atoms with E-state index in [1.165, 1.54) is 0 Å². The Hall–Kier alpha value is 0.310. The molecule has 52 valence electrons. The summed E-state index contributed by atoms with van der Waals surface area (Å²) in [7, 11) is 0. The van der Waals surface area contributed by atoms with E-state index in [-0.39, 0.29) is 0 Å². The summed E-state index contributed by atoms with van der Waals surface area (Å²) in [5.41, 5.74) is 0. The van der Waals surface area contributed by atoms with Crippen LogP contribution in [0.1, 0.15) is 19.8 Å². The highest BCUT2D eigenvalue weighted by Crippen LogP contribution is 2.20. The number of hydrogen-bond acceptors (Lipinski definition) is 1. The zero-order valence-corrected chi connectivity index (χ0v) is 8.00. The van der Waals surface area contributed by atoms with Crippen LogP contribution in [0.3, 0.4) is 0 Å².